The van der Waals surface area contributed by atoms with Crippen molar-refractivity contribution in [2.45, 2.75) is 0 Å². The van der Waals surface area contributed by atoms with Crippen molar-refractivity contribution in [2.24, 2.45) is 0 Å². The maximum absolute atomic E-state index is 11.7. The van der Waals surface area contributed by atoms with Crippen molar-refractivity contribution in [1.82, 2.24) is 0 Å². The summed E-state index contributed by atoms with van der Waals surface area (Å²) in [5.41, 5.74) is 0.479. The molecule has 0 bridgehead atoms. The molecule has 0 atom stereocenters. The highest BCUT2D eigenvalue weighted by Crippen LogP contribution is 2.48. The zero-order valence-electron chi connectivity index (χ0n) is 8.06. The van der Waals surface area contributed by atoms with E-state index in [0.29, 0.717) is 5.56 Å². The highest BCUT2D eigenvalue weighted by molar-refractivity contribution is 8.00. The molecular formula is C11H7Cl2O2P. The predicted molar refractivity (Wildman–Crippen MR) is 68.0 cm³/mol. The molecule has 0 spiro atoms. The molecule has 0 heterocycles. The van der Waals surface area contributed by atoms with E-state index < -0.39 is 12.8 Å². The van der Waals surface area contributed by atoms with Gasteiger partial charge in [0, 0.05) is 0 Å². The Kier molecular flexibility index (Phi) is 3.65. The maximum Gasteiger partial charge on any atom is 0.343 e. The highest BCUT2D eigenvalue weighted by atomic mass is 35.9. The Balaban J connectivity index is 2.48. The van der Waals surface area contributed by atoms with Gasteiger partial charge in [0.25, 0.3) is 6.85 Å². The van der Waals surface area contributed by atoms with E-state index in [2.05, 4.69) is 0 Å². The molecular weight excluding hydrogens is 266 g/mol. The van der Waals surface area contributed by atoms with Crippen molar-refractivity contribution in [3.05, 3.63) is 48.0 Å². The molecule has 0 amide bonds. The van der Waals surface area contributed by atoms with E-state index >= 15 is 0 Å². The number of fused-ring (bicyclic) bond motifs is 1. The van der Waals surface area contributed by atoms with E-state index in [1.165, 1.54) is 0 Å². The molecule has 2 rings (SSSR count). The van der Waals surface area contributed by atoms with Gasteiger partial charge in [0.15, 0.2) is 0 Å². The van der Waals surface area contributed by atoms with Crippen LogP contribution in [0.3, 0.4) is 0 Å². The molecule has 0 unspecified atom stereocenters. The lowest BCUT2D eigenvalue weighted by atomic mass is 10.1. The third-order valence-corrected chi connectivity index (χ3v) is 2.88. The molecule has 2 aromatic rings. The fourth-order valence-electron chi connectivity index (χ4n) is 1.52. The van der Waals surface area contributed by atoms with Crippen LogP contribution in [-0.4, -0.2) is 5.97 Å². The predicted octanol–water partition coefficient (Wildman–Crippen LogP) is 4.70. The van der Waals surface area contributed by atoms with Crippen molar-refractivity contribution in [3.63, 3.8) is 0 Å². The topological polar surface area (TPSA) is 26.3 Å². The Morgan fingerprint density at radius 3 is 2.50 bits per heavy atom. The number of carbonyl (C=O) groups excluding carboxylic acids is 1. The molecule has 0 saturated heterocycles. The second-order valence-corrected chi connectivity index (χ2v) is 6.06. The van der Waals surface area contributed by atoms with Gasteiger partial charge in [-0.25, -0.2) is 4.79 Å². The van der Waals surface area contributed by atoms with Crippen LogP contribution in [0.25, 0.3) is 10.8 Å². The van der Waals surface area contributed by atoms with Gasteiger partial charge in [-0.15, -0.1) is 0 Å². The van der Waals surface area contributed by atoms with E-state index in [1.807, 2.05) is 30.3 Å². The standard InChI is InChI=1S/C11H7Cl2O2P/c12-16(13)15-11(14)10-7-3-5-8-4-1-2-6-9(8)10/h1-7H. The van der Waals surface area contributed by atoms with Crippen LogP contribution in [0.2, 0.25) is 0 Å². The zero-order chi connectivity index (χ0) is 11.5. The fourth-order valence-corrected chi connectivity index (χ4v) is 2.12. The van der Waals surface area contributed by atoms with Crippen LogP contribution >= 0.6 is 29.3 Å². The summed E-state index contributed by atoms with van der Waals surface area (Å²) in [4.78, 5) is 11.7. The van der Waals surface area contributed by atoms with Gasteiger partial charge in [-0.2, -0.15) is 0 Å². The van der Waals surface area contributed by atoms with Crippen molar-refractivity contribution in [3.8, 4) is 0 Å². The van der Waals surface area contributed by atoms with Crippen LogP contribution in [-0.2, 0) is 4.52 Å². The molecule has 5 heteroatoms. The van der Waals surface area contributed by atoms with Gasteiger partial charge in [0.05, 0.1) is 5.56 Å². The second kappa shape index (κ2) is 5.01. The Labute approximate surface area is 104 Å². The van der Waals surface area contributed by atoms with Crippen LogP contribution in [0.4, 0.5) is 0 Å². The molecule has 16 heavy (non-hydrogen) atoms. The third-order valence-electron chi connectivity index (χ3n) is 2.16. The zero-order valence-corrected chi connectivity index (χ0v) is 10.5. The lowest BCUT2D eigenvalue weighted by Crippen LogP contribution is -1.99. The molecule has 0 aliphatic heterocycles. The van der Waals surface area contributed by atoms with Crippen molar-refractivity contribution < 1.29 is 9.32 Å². The summed E-state index contributed by atoms with van der Waals surface area (Å²) in [6.45, 7) is -1.72. The van der Waals surface area contributed by atoms with Gasteiger partial charge < -0.3 is 4.52 Å². The van der Waals surface area contributed by atoms with Gasteiger partial charge in [-0.05, 0) is 39.3 Å². The number of halogens is 2. The van der Waals surface area contributed by atoms with E-state index in [1.54, 1.807) is 12.1 Å². The molecule has 0 saturated carbocycles. The molecule has 0 radical (unpaired) electrons. The minimum absolute atomic E-state index is 0.479. The first kappa shape index (κ1) is 11.7. The lowest BCUT2D eigenvalue weighted by Gasteiger charge is -2.06. The summed E-state index contributed by atoms with van der Waals surface area (Å²) < 4.78 is 4.80. The molecule has 0 N–H and O–H groups in total. The second-order valence-electron chi connectivity index (χ2n) is 3.11. The van der Waals surface area contributed by atoms with Crippen LogP contribution < -0.4 is 0 Å². The van der Waals surface area contributed by atoms with E-state index in [4.69, 9.17) is 27.0 Å². The van der Waals surface area contributed by atoms with E-state index in [-0.39, 0.29) is 0 Å². The van der Waals surface area contributed by atoms with Gasteiger partial charge in [-0.1, -0.05) is 36.4 Å². The number of hydrogen-bond donors (Lipinski definition) is 0. The fraction of sp³-hybridized carbons (Fsp3) is 0. The minimum Gasteiger partial charge on any atom is -0.410 e. The summed E-state index contributed by atoms with van der Waals surface area (Å²) in [5, 5.41) is 1.81. The first-order valence-electron chi connectivity index (χ1n) is 4.50. The SMILES string of the molecule is O=C(OP(Cl)Cl)c1cccc2ccccc12. The number of carbonyl (C=O) groups is 1. The molecule has 0 aliphatic carbocycles. The first-order valence-corrected chi connectivity index (χ1v) is 7.57. The van der Waals surface area contributed by atoms with E-state index in [0.717, 1.165) is 10.8 Å². The quantitative estimate of drug-likeness (QED) is 0.741. The lowest BCUT2D eigenvalue weighted by molar-refractivity contribution is 0.0764. The summed E-state index contributed by atoms with van der Waals surface area (Å²) in [7, 11) is 0. The Morgan fingerprint density at radius 1 is 1.06 bits per heavy atom. The average molecular weight is 273 g/mol. The Hall–Kier alpha value is -0.820. The summed E-state index contributed by atoms with van der Waals surface area (Å²) in [5.74, 6) is -0.493. The Bertz CT molecular complexity index is 523. The smallest absolute Gasteiger partial charge is 0.343 e. The van der Waals surface area contributed by atoms with E-state index in [9.17, 15) is 4.79 Å². The van der Waals surface area contributed by atoms with Crippen LogP contribution in [0.1, 0.15) is 10.4 Å². The minimum atomic E-state index is -1.72. The molecule has 0 aromatic heterocycles. The van der Waals surface area contributed by atoms with Crippen LogP contribution in [0.15, 0.2) is 42.5 Å². The number of hydrogen-bond acceptors (Lipinski definition) is 2. The molecule has 2 nitrogen and oxygen atoms in total. The van der Waals surface area contributed by atoms with Gasteiger partial charge >= 0.3 is 5.97 Å². The number of benzene rings is 2. The third kappa shape index (κ3) is 2.46. The summed E-state index contributed by atoms with van der Waals surface area (Å²) in [6.07, 6.45) is 0. The largest absolute Gasteiger partial charge is 0.410 e. The molecule has 0 aliphatic rings. The van der Waals surface area contributed by atoms with Gasteiger partial charge in [-0.3, -0.25) is 0 Å². The Morgan fingerprint density at radius 2 is 1.75 bits per heavy atom. The van der Waals surface area contributed by atoms with Crippen LogP contribution in [0, 0.1) is 0 Å². The van der Waals surface area contributed by atoms with Crippen molar-refractivity contribution in [2.75, 3.05) is 0 Å². The molecule has 2 aromatic carbocycles. The number of rotatable bonds is 2. The highest BCUT2D eigenvalue weighted by Gasteiger charge is 2.14. The molecule has 0 fully saturated rings. The molecule has 82 valence electrons. The first-order chi connectivity index (χ1) is 7.68. The monoisotopic (exact) mass is 272 g/mol. The van der Waals surface area contributed by atoms with Crippen molar-refractivity contribution in [1.29, 1.82) is 0 Å². The maximum atomic E-state index is 11.7. The summed E-state index contributed by atoms with van der Waals surface area (Å²) >= 11 is 10.9. The average Bonchev–Trinajstić information content (AvgIpc) is 2.27. The van der Waals surface area contributed by atoms with Gasteiger partial charge in [0.1, 0.15) is 0 Å². The normalized spacial score (nSPS) is 10.7. The summed E-state index contributed by atoms with van der Waals surface area (Å²) in [6, 6.07) is 13.0. The van der Waals surface area contributed by atoms with Crippen LogP contribution in [0.5, 0.6) is 0 Å². The van der Waals surface area contributed by atoms with Gasteiger partial charge in [0.2, 0.25) is 0 Å². The van der Waals surface area contributed by atoms with Crippen molar-refractivity contribution >= 4 is 46.1 Å².